The molecule has 112 valence electrons. The standard InChI is InChI=1S/C14H20F2N2O2/c1-10(8-17-2)13(19)18(3)9-11-4-6-12(7-5-11)20-14(15)16/h4-7,10,14,17H,8-9H2,1-3H3. The van der Waals surface area contributed by atoms with Crippen LogP contribution in [-0.4, -0.2) is 38.1 Å². The zero-order valence-corrected chi connectivity index (χ0v) is 11.9. The van der Waals surface area contributed by atoms with E-state index in [0.717, 1.165) is 5.56 Å². The third-order valence-electron chi connectivity index (χ3n) is 2.88. The van der Waals surface area contributed by atoms with Gasteiger partial charge in [0.15, 0.2) is 0 Å². The lowest BCUT2D eigenvalue weighted by Crippen LogP contribution is -2.35. The fourth-order valence-electron chi connectivity index (χ4n) is 1.90. The molecule has 1 atom stereocenters. The predicted molar refractivity (Wildman–Crippen MR) is 72.6 cm³/mol. The molecule has 6 heteroatoms. The Bertz CT molecular complexity index is 424. The highest BCUT2D eigenvalue weighted by Gasteiger charge is 2.16. The van der Waals surface area contributed by atoms with E-state index >= 15 is 0 Å². The Morgan fingerprint density at radius 3 is 2.45 bits per heavy atom. The molecule has 0 radical (unpaired) electrons. The molecule has 0 aliphatic carbocycles. The minimum atomic E-state index is -2.83. The number of halogens is 2. The minimum absolute atomic E-state index is 0.0345. The van der Waals surface area contributed by atoms with E-state index in [-0.39, 0.29) is 17.6 Å². The van der Waals surface area contributed by atoms with E-state index in [4.69, 9.17) is 0 Å². The van der Waals surface area contributed by atoms with Crippen LogP contribution in [0.1, 0.15) is 12.5 Å². The van der Waals surface area contributed by atoms with Crippen LogP contribution in [0.4, 0.5) is 8.78 Å². The summed E-state index contributed by atoms with van der Waals surface area (Å²) in [6.45, 7) is 0.0775. The summed E-state index contributed by atoms with van der Waals surface area (Å²) < 4.78 is 28.3. The Hall–Kier alpha value is -1.69. The van der Waals surface area contributed by atoms with Crippen molar-refractivity contribution in [2.45, 2.75) is 20.1 Å². The van der Waals surface area contributed by atoms with Gasteiger partial charge in [-0.25, -0.2) is 0 Å². The first-order valence-electron chi connectivity index (χ1n) is 6.37. The molecule has 0 heterocycles. The first kappa shape index (κ1) is 16.4. The largest absolute Gasteiger partial charge is 0.435 e. The van der Waals surface area contributed by atoms with Crippen LogP contribution in [-0.2, 0) is 11.3 Å². The molecule has 0 saturated heterocycles. The highest BCUT2D eigenvalue weighted by molar-refractivity contribution is 5.78. The lowest BCUT2D eigenvalue weighted by atomic mass is 10.1. The minimum Gasteiger partial charge on any atom is -0.435 e. The molecule has 0 fully saturated rings. The molecule has 0 aliphatic rings. The fourth-order valence-corrected chi connectivity index (χ4v) is 1.90. The number of benzene rings is 1. The van der Waals surface area contributed by atoms with Crippen molar-refractivity contribution in [3.63, 3.8) is 0 Å². The number of hydrogen-bond donors (Lipinski definition) is 1. The molecule has 1 aromatic carbocycles. The number of amides is 1. The zero-order chi connectivity index (χ0) is 15.1. The second-order valence-corrected chi connectivity index (χ2v) is 4.68. The van der Waals surface area contributed by atoms with Gasteiger partial charge in [0, 0.05) is 26.1 Å². The van der Waals surface area contributed by atoms with Crippen molar-refractivity contribution in [3.8, 4) is 5.75 Å². The molecular formula is C14H20F2N2O2. The van der Waals surface area contributed by atoms with Crippen LogP contribution in [0.2, 0.25) is 0 Å². The van der Waals surface area contributed by atoms with Crippen molar-refractivity contribution in [2.24, 2.45) is 5.92 Å². The van der Waals surface area contributed by atoms with Gasteiger partial charge in [-0.05, 0) is 24.7 Å². The Labute approximate surface area is 117 Å². The molecule has 0 bridgehead atoms. The number of ether oxygens (including phenoxy) is 1. The van der Waals surface area contributed by atoms with Gasteiger partial charge in [0.1, 0.15) is 5.75 Å². The van der Waals surface area contributed by atoms with E-state index in [1.54, 1.807) is 31.1 Å². The molecule has 0 aromatic heterocycles. The average molecular weight is 286 g/mol. The summed E-state index contributed by atoms with van der Waals surface area (Å²) in [6, 6.07) is 6.28. The maximum absolute atomic E-state index is 12.0. The van der Waals surface area contributed by atoms with E-state index in [2.05, 4.69) is 10.1 Å². The first-order valence-corrected chi connectivity index (χ1v) is 6.37. The fraction of sp³-hybridized carbons (Fsp3) is 0.500. The maximum Gasteiger partial charge on any atom is 0.387 e. The third-order valence-corrected chi connectivity index (χ3v) is 2.88. The number of nitrogens with zero attached hydrogens (tertiary/aromatic N) is 1. The second kappa shape index (κ2) is 7.79. The smallest absolute Gasteiger partial charge is 0.387 e. The number of alkyl halides is 2. The second-order valence-electron chi connectivity index (χ2n) is 4.68. The summed E-state index contributed by atoms with van der Waals surface area (Å²) in [5.74, 6) is 0.0416. The van der Waals surface area contributed by atoms with Crippen LogP contribution < -0.4 is 10.1 Å². The van der Waals surface area contributed by atoms with Crippen molar-refractivity contribution in [1.82, 2.24) is 10.2 Å². The van der Waals surface area contributed by atoms with Gasteiger partial charge in [0.25, 0.3) is 0 Å². The Morgan fingerprint density at radius 1 is 1.35 bits per heavy atom. The Morgan fingerprint density at radius 2 is 1.95 bits per heavy atom. The predicted octanol–water partition coefficient (Wildman–Crippen LogP) is 2.10. The van der Waals surface area contributed by atoms with Gasteiger partial charge in [-0.2, -0.15) is 8.78 Å². The topological polar surface area (TPSA) is 41.6 Å². The van der Waals surface area contributed by atoms with Crippen LogP contribution in [0.3, 0.4) is 0 Å². The number of carbonyl (C=O) groups is 1. The number of hydrogen-bond acceptors (Lipinski definition) is 3. The quantitative estimate of drug-likeness (QED) is 0.834. The molecular weight excluding hydrogens is 266 g/mol. The van der Waals surface area contributed by atoms with Gasteiger partial charge in [0.05, 0.1) is 0 Å². The van der Waals surface area contributed by atoms with Gasteiger partial charge >= 0.3 is 6.61 Å². The highest BCUT2D eigenvalue weighted by atomic mass is 19.3. The number of rotatable bonds is 7. The van der Waals surface area contributed by atoms with Gasteiger partial charge < -0.3 is 15.0 Å². The molecule has 4 nitrogen and oxygen atoms in total. The van der Waals surface area contributed by atoms with Crippen molar-refractivity contribution in [2.75, 3.05) is 20.6 Å². The zero-order valence-electron chi connectivity index (χ0n) is 11.9. The van der Waals surface area contributed by atoms with Crippen LogP contribution in [0.5, 0.6) is 5.75 Å². The van der Waals surface area contributed by atoms with Gasteiger partial charge in [-0.1, -0.05) is 19.1 Å². The van der Waals surface area contributed by atoms with Crippen molar-refractivity contribution in [1.29, 1.82) is 0 Å². The molecule has 0 aliphatic heterocycles. The van der Waals surface area contributed by atoms with Gasteiger partial charge in [-0.3, -0.25) is 4.79 Å². The lowest BCUT2D eigenvalue weighted by molar-refractivity contribution is -0.134. The van der Waals surface area contributed by atoms with Crippen molar-refractivity contribution >= 4 is 5.91 Å². The van der Waals surface area contributed by atoms with E-state index in [1.807, 2.05) is 6.92 Å². The summed E-state index contributed by atoms with van der Waals surface area (Å²) in [7, 11) is 3.52. The molecule has 1 amide bonds. The van der Waals surface area contributed by atoms with Crippen molar-refractivity contribution < 1.29 is 18.3 Å². The average Bonchev–Trinajstić information content (AvgIpc) is 2.39. The van der Waals surface area contributed by atoms with Gasteiger partial charge in [-0.15, -0.1) is 0 Å². The molecule has 1 N–H and O–H groups in total. The third kappa shape index (κ3) is 5.13. The molecule has 20 heavy (non-hydrogen) atoms. The number of nitrogens with one attached hydrogen (secondary N) is 1. The van der Waals surface area contributed by atoms with Crippen molar-refractivity contribution in [3.05, 3.63) is 29.8 Å². The Kier molecular flexibility index (Phi) is 6.38. The molecule has 0 saturated carbocycles. The van der Waals surface area contributed by atoms with Gasteiger partial charge in [0.2, 0.25) is 5.91 Å². The van der Waals surface area contributed by atoms with Crippen LogP contribution in [0, 0.1) is 5.92 Å². The van der Waals surface area contributed by atoms with Crippen LogP contribution in [0.25, 0.3) is 0 Å². The van der Waals surface area contributed by atoms with E-state index in [0.29, 0.717) is 13.1 Å². The normalized spacial score (nSPS) is 12.3. The van der Waals surface area contributed by atoms with Crippen LogP contribution >= 0.6 is 0 Å². The Balaban J connectivity index is 2.57. The summed E-state index contributed by atoms with van der Waals surface area (Å²) in [6.07, 6.45) is 0. The molecule has 1 aromatic rings. The summed E-state index contributed by atoms with van der Waals surface area (Å²) >= 11 is 0. The molecule has 0 spiro atoms. The summed E-state index contributed by atoms with van der Waals surface area (Å²) in [5.41, 5.74) is 0.860. The lowest BCUT2D eigenvalue weighted by Gasteiger charge is -2.21. The maximum atomic E-state index is 12.0. The molecule has 1 unspecified atom stereocenters. The van der Waals surface area contributed by atoms with E-state index in [9.17, 15) is 13.6 Å². The van der Waals surface area contributed by atoms with Crippen LogP contribution in [0.15, 0.2) is 24.3 Å². The van der Waals surface area contributed by atoms with E-state index in [1.165, 1.54) is 12.1 Å². The first-order chi connectivity index (χ1) is 9.43. The highest BCUT2D eigenvalue weighted by Crippen LogP contribution is 2.16. The number of carbonyl (C=O) groups excluding carboxylic acids is 1. The van der Waals surface area contributed by atoms with E-state index < -0.39 is 6.61 Å². The summed E-state index contributed by atoms with van der Waals surface area (Å²) in [5, 5.41) is 2.96. The molecule has 1 rings (SSSR count). The monoisotopic (exact) mass is 286 g/mol. The summed E-state index contributed by atoms with van der Waals surface area (Å²) in [4.78, 5) is 13.6. The SMILES string of the molecule is CNCC(C)C(=O)N(C)Cc1ccc(OC(F)F)cc1.